The van der Waals surface area contributed by atoms with Crippen molar-refractivity contribution in [2.24, 2.45) is 0 Å². The quantitative estimate of drug-likeness (QED) is 0.0104. The van der Waals surface area contributed by atoms with Crippen LogP contribution < -0.4 is 0 Å². The number of allylic oxidation sites excluding steroid dienone is 7. The Hall–Kier alpha value is -6.89. The fourth-order valence-corrected chi connectivity index (χ4v) is 10.7. The van der Waals surface area contributed by atoms with Crippen molar-refractivity contribution in [2.45, 2.75) is 165 Å². The summed E-state index contributed by atoms with van der Waals surface area (Å²) in [6.07, 6.45) is 26.6. The van der Waals surface area contributed by atoms with Crippen LogP contribution >= 0.6 is 0 Å². The zero-order valence-corrected chi connectivity index (χ0v) is 52.7. The smallest absolute Gasteiger partial charge is 0.299 e. The van der Waals surface area contributed by atoms with Gasteiger partial charge in [-0.2, -0.15) is 0 Å². The molecule has 0 unspecified atom stereocenters. The average molecular weight is 1190 g/mol. The second-order valence-corrected chi connectivity index (χ2v) is 21.7. The average Bonchev–Trinajstić information content (AvgIpc) is 4.24. The molecular weight excluding hydrogens is 1100 g/mol. The van der Waals surface area contributed by atoms with E-state index in [0.717, 1.165) is 134 Å². The maximum Gasteiger partial charge on any atom is 0.299 e. The molecule has 0 fully saturated rings. The Kier molecular flexibility index (Phi) is 30.3. The van der Waals surface area contributed by atoms with Crippen molar-refractivity contribution in [3.8, 4) is 0 Å². The van der Waals surface area contributed by atoms with Gasteiger partial charge in [0.05, 0.1) is 6.08 Å². The number of unbranched alkanes of at least 4 members (excludes halogenated alkanes) is 5. The third-order valence-electron chi connectivity index (χ3n) is 15.0. The van der Waals surface area contributed by atoms with Gasteiger partial charge in [0.1, 0.15) is 0 Å². The van der Waals surface area contributed by atoms with Crippen LogP contribution in [0.25, 0.3) is 45.0 Å². The van der Waals surface area contributed by atoms with Crippen molar-refractivity contribution in [2.75, 3.05) is 0 Å². The Balaban J connectivity index is 0.000000264. The van der Waals surface area contributed by atoms with E-state index >= 15 is 0 Å². The van der Waals surface area contributed by atoms with E-state index in [4.69, 9.17) is 5.53 Å². The van der Waals surface area contributed by atoms with Crippen LogP contribution in [0.15, 0.2) is 193 Å². The summed E-state index contributed by atoms with van der Waals surface area (Å²) < 4.78 is 2.80. The molecule has 0 saturated carbocycles. The first-order chi connectivity index (χ1) is 39.5. The van der Waals surface area contributed by atoms with Gasteiger partial charge in [-0.15, -0.1) is 11.4 Å². The van der Waals surface area contributed by atoms with Gasteiger partial charge in [0.2, 0.25) is 22.8 Å². The third kappa shape index (κ3) is 19.9. The molecule has 6 nitrogen and oxygen atoms in total. The van der Waals surface area contributed by atoms with Gasteiger partial charge < -0.3 is 16.6 Å². The predicted octanol–water partition coefficient (Wildman–Crippen LogP) is 21.2. The van der Waals surface area contributed by atoms with Crippen LogP contribution in [0, 0.1) is 20.8 Å². The Morgan fingerprint density at radius 2 is 0.952 bits per heavy atom. The second-order valence-electron chi connectivity index (χ2n) is 21.7. The molecule has 0 aliphatic carbocycles. The summed E-state index contributed by atoms with van der Waals surface area (Å²) in [4.78, 5) is 3.09. The monoisotopic (exact) mass is 1190 g/mol. The van der Waals surface area contributed by atoms with Gasteiger partial charge in [-0.05, 0) is 185 Å². The fraction of sp³-hybridized carbons (Fsp3) is 0.333. The first-order valence-electron chi connectivity index (χ1n) is 30.1. The van der Waals surface area contributed by atoms with Gasteiger partial charge in [0.15, 0.2) is 0 Å². The molecule has 0 amide bonds. The molecular formula is C75H88N6Ni2. The predicted molar refractivity (Wildman–Crippen MR) is 343 cm³/mol. The minimum absolute atomic E-state index is 0. The number of hydrogen-bond acceptors (Lipinski definition) is 0. The number of benzene rings is 6. The van der Waals surface area contributed by atoms with E-state index in [1.807, 2.05) is 12.2 Å². The molecule has 8 heteroatoms. The van der Waals surface area contributed by atoms with E-state index in [2.05, 4.69) is 230 Å². The van der Waals surface area contributed by atoms with Gasteiger partial charge in [-0.25, -0.2) is 9.39 Å². The largest absolute Gasteiger partial charge is 0.493 e. The maximum atomic E-state index is 11.1. The molecule has 6 aromatic carbocycles. The van der Waals surface area contributed by atoms with Crippen LogP contribution in [0.2, 0.25) is 0 Å². The van der Waals surface area contributed by atoms with E-state index in [-0.39, 0.29) is 33.0 Å². The van der Waals surface area contributed by atoms with Gasteiger partial charge in [0, 0.05) is 78.5 Å². The van der Waals surface area contributed by atoms with Crippen molar-refractivity contribution >= 4 is 34.2 Å². The zero-order chi connectivity index (χ0) is 57.9. The Bertz CT molecular complexity index is 3240. The molecule has 0 saturated heterocycles. The van der Waals surface area contributed by atoms with E-state index < -0.39 is 0 Å². The van der Waals surface area contributed by atoms with Crippen molar-refractivity contribution in [1.29, 1.82) is 0 Å². The van der Waals surface area contributed by atoms with Crippen molar-refractivity contribution in [3.05, 3.63) is 277 Å². The molecule has 2 heterocycles. The summed E-state index contributed by atoms with van der Waals surface area (Å²) in [5.41, 5.74) is 53.9. The van der Waals surface area contributed by atoms with Crippen LogP contribution in [0.4, 0.5) is 0 Å². The molecule has 2 aliphatic heterocycles. The SMILES string of the molecule is C=CCCc1ccccc1C(=C(C=C=[N+]=[N-])CCCC)c1cccc(C)c1.CCCCC1=C(c2cccc(CCCC)c2)[N+](=[N-])C(c2cccc(C)c2)=C1.CCCCC1=C(c2cccc(CCCC)c2)[N+](=[N-])C(c2cccc(C)c2)=C1.[Ni].[Ni]. The summed E-state index contributed by atoms with van der Waals surface area (Å²) in [6.45, 7) is 21.2. The number of hydrogen-bond donors (Lipinski definition) is 0. The number of rotatable bonds is 25. The molecule has 0 radical (unpaired) electrons. The minimum Gasteiger partial charge on any atom is -0.493 e. The molecule has 0 bridgehead atoms. The van der Waals surface area contributed by atoms with E-state index in [1.165, 1.54) is 96.3 Å². The van der Waals surface area contributed by atoms with Crippen LogP contribution in [0.1, 0.15) is 191 Å². The molecule has 0 aromatic heterocycles. The van der Waals surface area contributed by atoms with E-state index in [1.54, 1.807) is 0 Å². The van der Waals surface area contributed by atoms with Gasteiger partial charge in [-0.1, -0.05) is 187 Å². The van der Waals surface area contributed by atoms with Crippen molar-refractivity contribution < 1.29 is 47.2 Å². The van der Waals surface area contributed by atoms with E-state index in [9.17, 15) is 11.1 Å². The molecule has 2 aliphatic rings. The molecule has 0 spiro atoms. The number of aryl methyl sites for hydroxylation is 6. The summed E-state index contributed by atoms with van der Waals surface area (Å²) in [7, 11) is 0. The summed E-state index contributed by atoms with van der Waals surface area (Å²) in [5, 5.41) is 0. The maximum absolute atomic E-state index is 11.1. The first kappa shape index (κ1) is 68.6. The zero-order valence-electron chi connectivity index (χ0n) is 50.7. The summed E-state index contributed by atoms with van der Waals surface area (Å²) in [5.74, 6) is 2.64. The van der Waals surface area contributed by atoms with Crippen LogP contribution in [-0.4, -0.2) is 20.1 Å². The van der Waals surface area contributed by atoms with Crippen molar-refractivity contribution in [1.82, 2.24) is 0 Å². The van der Waals surface area contributed by atoms with Crippen LogP contribution in [0.5, 0.6) is 0 Å². The summed E-state index contributed by atoms with van der Waals surface area (Å²) in [6, 6.07) is 51.1. The topological polar surface area (TPSA) is 87.0 Å². The molecule has 83 heavy (non-hydrogen) atoms. The van der Waals surface area contributed by atoms with Gasteiger partial charge >= 0.3 is 0 Å². The molecule has 8 rings (SSSR count). The van der Waals surface area contributed by atoms with Crippen molar-refractivity contribution in [3.63, 3.8) is 0 Å². The molecule has 6 aromatic rings. The van der Waals surface area contributed by atoms with Gasteiger partial charge in [-0.3, -0.25) is 0 Å². The van der Waals surface area contributed by atoms with Gasteiger partial charge in [0.25, 0.3) is 5.87 Å². The Morgan fingerprint density at radius 3 is 1.41 bits per heavy atom. The summed E-state index contributed by atoms with van der Waals surface area (Å²) >= 11 is 0. The van der Waals surface area contributed by atoms with Crippen LogP contribution in [-0.2, 0) is 52.2 Å². The number of nitrogens with zero attached hydrogens (tertiary/aromatic N) is 6. The Labute approximate surface area is 519 Å². The van der Waals surface area contributed by atoms with E-state index in [0.29, 0.717) is 0 Å². The standard InChI is InChI=1S/2C25H30N2.C25H28N2.2Ni/c2*1-4-6-11-20-12-9-15-22(17-20)25-23(13-7-5-2)18-24(27(25)26)21-14-8-10-19(3)16-21;1-4-6-12-21-14-8-9-16-24(21)25(23-15-10-11-20(3)19-23)22(13-7-5-2)17-18-27-26;;/h2*8-10,12,14-18H,4-7,11,13H2,1-3H3;4,8-11,14-17,19H,1,5-7,12-13H2,2-3H3;;. The normalized spacial score (nSPS) is 12.8. The fourth-order valence-electron chi connectivity index (χ4n) is 10.7. The molecule has 438 valence electrons. The molecule has 0 atom stereocenters. The Morgan fingerprint density at radius 1 is 0.506 bits per heavy atom. The first-order valence-corrected chi connectivity index (χ1v) is 30.1. The molecule has 0 N–H and O–H groups in total. The second kappa shape index (κ2) is 36.6. The third-order valence-corrected chi connectivity index (χ3v) is 15.0. The minimum atomic E-state index is 0. The van der Waals surface area contributed by atoms with Crippen LogP contribution in [0.3, 0.4) is 0 Å².